The lowest BCUT2D eigenvalue weighted by molar-refractivity contribution is -0.141. The van der Waals surface area contributed by atoms with Gasteiger partial charge in [0.05, 0.1) is 26.3 Å². The van der Waals surface area contributed by atoms with Gasteiger partial charge in [0.15, 0.2) is 0 Å². The van der Waals surface area contributed by atoms with Crippen LogP contribution in [0, 0.1) is 0 Å². The van der Waals surface area contributed by atoms with E-state index in [0.717, 1.165) is 24.3 Å². The molecule has 0 bridgehead atoms. The zero-order valence-corrected chi connectivity index (χ0v) is 15.7. The summed E-state index contributed by atoms with van der Waals surface area (Å²) in [7, 11) is 1.65. The number of amides is 5. The normalized spacial score (nSPS) is 22.3. The fourth-order valence-corrected chi connectivity index (χ4v) is 3.82. The maximum atomic E-state index is 12.6. The molecule has 3 rings (SSSR count). The summed E-state index contributed by atoms with van der Waals surface area (Å²) in [4.78, 5) is 52.5. The Morgan fingerprint density at radius 3 is 2.48 bits per heavy atom. The monoisotopic (exact) mass is 381 g/mol. The topological polar surface area (TPSA) is 111 Å². The predicted molar refractivity (Wildman–Crippen MR) is 94.2 cm³/mol. The first kappa shape index (κ1) is 19.6. The molecule has 27 heavy (non-hydrogen) atoms. The fourth-order valence-electron chi connectivity index (χ4n) is 3.82. The van der Waals surface area contributed by atoms with Crippen molar-refractivity contribution in [2.45, 2.75) is 37.6 Å². The van der Waals surface area contributed by atoms with Gasteiger partial charge in [-0.25, -0.2) is 4.79 Å². The molecule has 3 fully saturated rings. The Hall–Kier alpha value is -2.20. The number of morpholine rings is 1. The first-order chi connectivity index (χ1) is 12.9. The number of hydrazine groups is 1. The second-order valence-corrected chi connectivity index (χ2v) is 7.41. The Morgan fingerprint density at radius 2 is 1.81 bits per heavy atom. The van der Waals surface area contributed by atoms with Crippen LogP contribution in [-0.2, 0) is 19.1 Å². The molecule has 2 saturated heterocycles. The molecule has 0 aromatic rings. The van der Waals surface area contributed by atoms with Crippen molar-refractivity contribution in [2.24, 2.45) is 0 Å². The lowest BCUT2D eigenvalue weighted by Gasteiger charge is -2.30. The molecule has 2 aliphatic heterocycles. The van der Waals surface area contributed by atoms with Gasteiger partial charge in [-0.1, -0.05) is 19.3 Å². The standard InChI is InChI=1S/C17H27N5O5/c1-20(12-14(24)21-7-9-27-10-8-21)11-13(23)19-22-15(25)17(18-16(22)26)5-3-2-4-6-17/h2-12H2,1H3,(H,18,26)(H,19,23). The van der Waals surface area contributed by atoms with Gasteiger partial charge < -0.3 is 15.0 Å². The van der Waals surface area contributed by atoms with Gasteiger partial charge >= 0.3 is 6.03 Å². The molecular weight excluding hydrogens is 354 g/mol. The maximum Gasteiger partial charge on any atom is 0.344 e. The predicted octanol–water partition coefficient (Wildman–Crippen LogP) is -0.937. The van der Waals surface area contributed by atoms with Gasteiger partial charge in [-0.15, -0.1) is 0 Å². The van der Waals surface area contributed by atoms with Gasteiger partial charge in [0, 0.05) is 13.1 Å². The van der Waals surface area contributed by atoms with Crippen LogP contribution in [0.4, 0.5) is 4.79 Å². The van der Waals surface area contributed by atoms with Gasteiger partial charge in [-0.05, 0) is 19.9 Å². The smallest absolute Gasteiger partial charge is 0.344 e. The highest BCUT2D eigenvalue weighted by Crippen LogP contribution is 2.32. The minimum Gasteiger partial charge on any atom is -0.378 e. The van der Waals surface area contributed by atoms with Crippen LogP contribution in [0.5, 0.6) is 0 Å². The van der Waals surface area contributed by atoms with E-state index in [-0.39, 0.29) is 19.0 Å². The Bertz CT molecular complexity index is 613. The van der Waals surface area contributed by atoms with E-state index in [1.807, 2.05) is 0 Å². The van der Waals surface area contributed by atoms with Crippen molar-refractivity contribution in [1.29, 1.82) is 0 Å². The number of nitrogens with zero attached hydrogens (tertiary/aromatic N) is 3. The maximum absolute atomic E-state index is 12.6. The number of carbonyl (C=O) groups excluding carboxylic acids is 4. The minimum absolute atomic E-state index is 0.0789. The van der Waals surface area contributed by atoms with Crippen molar-refractivity contribution in [3.63, 3.8) is 0 Å². The number of nitrogens with one attached hydrogen (secondary N) is 2. The molecule has 0 atom stereocenters. The molecule has 10 heteroatoms. The second kappa shape index (κ2) is 8.22. The summed E-state index contributed by atoms with van der Waals surface area (Å²) in [6, 6.07) is -0.595. The van der Waals surface area contributed by atoms with Crippen molar-refractivity contribution in [3.05, 3.63) is 0 Å². The van der Waals surface area contributed by atoms with E-state index >= 15 is 0 Å². The quantitative estimate of drug-likeness (QED) is 0.595. The third-order valence-electron chi connectivity index (χ3n) is 5.29. The van der Waals surface area contributed by atoms with E-state index in [2.05, 4.69) is 10.7 Å². The van der Waals surface area contributed by atoms with Gasteiger partial charge in [0.1, 0.15) is 5.54 Å². The second-order valence-electron chi connectivity index (χ2n) is 7.41. The average molecular weight is 381 g/mol. The highest BCUT2D eigenvalue weighted by Gasteiger charge is 2.52. The number of imide groups is 1. The lowest BCUT2D eigenvalue weighted by Crippen LogP contribution is -2.53. The Balaban J connectivity index is 1.49. The molecule has 1 saturated carbocycles. The van der Waals surface area contributed by atoms with Crippen LogP contribution in [0.25, 0.3) is 0 Å². The van der Waals surface area contributed by atoms with Crippen molar-refractivity contribution in [3.8, 4) is 0 Å². The zero-order valence-electron chi connectivity index (χ0n) is 15.7. The van der Waals surface area contributed by atoms with Gasteiger partial charge in [-0.3, -0.25) is 24.7 Å². The molecule has 0 aromatic heterocycles. The number of rotatable bonds is 5. The van der Waals surface area contributed by atoms with Crippen LogP contribution in [0.1, 0.15) is 32.1 Å². The van der Waals surface area contributed by atoms with Crippen molar-refractivity contribution >= 4 is 23.8 Å². The Labute approximate surface area is 158 Å². The molecule has 2 N–H and O–H groups in total. The zero-order chi connectivity index (χ0) is 19.4. The molecule has 1 spiro atoms. The van der Waals surface area contributed by atoms with Crippen LogP contribution in [0.3, 0.4) is 0 Å². The minimum atomic E-state index is -0.874. The molecule has 0 radical (unpaired) electrons. The summed E-state index contributed by atoms with van der Waals surface area (Å²) in [5.74, 6) is -0.985. The summed E-state index contributed by atoms with van der Waals surface area (Å²) < 4.78 is 5.21. The van der Waals surface area contributed by atoms with Crippen LogP contribution in [-0.4, -0.2) is 90.5 Å². The van der Waals surface area contributed by atoms with E-state index in [9.17, 15) is 19.2 Å². The summed E-state index contributed by atoms with van der Waals surface area (Å²) in [6.45, 7) is 2.11. The van der Waals surface area contributed by atoms with Crippen molar-refractivity contribution in [1.82, 2.24) is 25.6 Å². The van der Waals surface area contributed by atoms with Gasteiger partial charge in [0.25, 0.3) is 11.8 Å². The highest BCUT2D eigenvalue weighted by atomic mass is 16.5. The van der Waals surface area contributed by atoms with Crippen LogP contribution in [0.2, 0.25) is 0 Å². The number of ether oxygens (including phenoxy) is 1. The third kappa shape index (κ3) is 4.38. The lowest BCUT2D eigenvalue weighted by atomic mass is 9.82. The third-order valence-corrected chi connectivity index (χ3v) is 5.29. The molecule has 2 heterocycles. The molecule has 150 valence electrons. The van der Waals surface area contributed by atoms with Crippen LogP contribution < -0.4 is 10.7 Å². The molecule has 5 amide bonds. The average Bonchev–Trinajstić information content (AvgIpc) is 2.87. The van der Waals surface area contributed by atoms with Crippen molar-refractivity contribution < 1.29 is 23.9 Å². The Kier molecular flexibility index (Phi) is 5.95. The first-order valence-electron chi connectivity index (χ1n) is 9.41. The number of urea groups is 1. The molecule has 1 aliphatic carbocycles. The SMILES string of the molecule is CN(CC(=O)NN1C(=O)NC2(CCCCC2)C1=O)CC(=O)N1CCOCC1. The van der Waals surface area contributed by atoms with Crippen LogP contribution in [0.15, 0.2) is 0 Å². The Morgan fingerprint density at radius 1 is 1.15 bits per heavy atom. The number of hydrogen-bond acceptors (Lipinski definition) is 6. The largest absolute Gasteiger partial charge is 0.378 e. The highest BCUT2D eigenvalue weighted by molar-refractivity contribution is 6.08. The molecule has 0 aromatic carbocycles. The van der Waals surface area contributed by atoms with E-state index in [1.54, 1.807) is 16.8 Å². The molecule has 10 nitrogen and oxygen atoms in total. The number of likely N-dealkylation sites (N-methyl/N-ethyl adjacent to an activating group) is 1. The van der Waals surface area contributed by atoms with E-state index < -0.39 is 23.4 Å². The van der Waals surface area contributed by atoms with Gasteiger partial charge in [0.2, 0.25) is 5.91 Å². The van der Waals surface area contributed by atoms with Gasteiger partial charge in [-0.2, -0.15) is 5.01 Å². The molecule has 3 aliphatic rings. The number of carbonyl (C=O) groups is 4. The molecule has 0 unspecified atom stereocenters. The summed E-state index contributed by atoms with van der Waals surface area (Å²) in [6.07, 6.45) is 3.98. The summed E-state index contributed by atoms with van der Waals surface area (Å²) in [5, 5.41) is 3.52. The fraction of sp³-hybridized carbons (Fsp3) is 0.765. The van der Waals surface area contributed by atoms with E-state index in [0.29, 0.717) is 39.1 Å². The molecular formula is C17H27N5O5. The first-order valence-corrected chi connectivity index (χ1v) is 9.41. The summed E-state index contributed by atoms with van der Waals surface area (Å²) in [5.41, 5.74) is 1.51. The number of hydrogen-bond donors (Lipinski definition) is 2. The van der Waals surface area contributed by atoms with Crippen molar-refractivity contribution in [2.75, 3.05) is 46.4 Å². The van der Waals surface area contributed by atoms with E-state index in [4.69, 9.17) is 4.74 Å². The van der Waals surface area contributed by atoms with E-state index in [1.165, 1.54) is 0 Å². The van der Waals surface area contributed by atoms with Crippen LogP contribution >= 0.6 is 0 Å². The summed E-state index contributed by atoms with van der Waals surface area (Å²) >= 11 is 0.